The maximum absolute atomic E-state index is 12.7. The van der Waals surface area contributed by atoms with Gasteiger partial charge in [0.15, 0.2) is 0 Å². The van der Waals surface area contributed by atoms with Gasteiger partial charge in [-0.1, -0.05) is 29.8 Å². The third-order valence-electron chi connectivity index (χ3n) is 5.62. The summed E-state index contributed by atoms with van der Waals surface area (Å²) in [6.45, 7) is 11.9. The van der Waals surface area contributed by atoms with Crippen molar-refractivity contribution in [3.05, 3.63) is 58.1 Å². The number of nitrogens with one attached hydrogen (secondary N) is 1. The molecule has 1 amide bonds. The van der Waals surface area contributed by atoms with Crippen LogP contribution in [-0.2, 0) is 4.79 Å². The zero-order valence-electron chi connectivity index (χ0n) is 16.6. The van der Waals surface area contributed by atoms with Gasteiger partial charge in [-0.2, -0.15) is 0 Å². The lowest BCUT2D eigenvalue weighted by Crippen LogP contribution is -2.53. The minimum Gasteiger partial charge on any atom is -0.369 e. The molecule has 3 rings (SSSR count). The number of carbonyl (C=O) groups is 1. The third kappa shape index (κ3) is 4.45. The van der Waals surface area contributed by atoms with E-state index < -0.39 is 0 Å². The molecule has 1 saturated heterocycles. The van der Waals surface area contributed by atoms with Gasteiger partial charge < -0.3 is 10.2 Å². The summed E-state index contributed by atoms with van der Waals surface area (Å²) >= 11 is 6.06. The van der Waals surface area contributed by atoms with Crippen LogP contribution in [0, 0.1) is 20.8 Å². The number of hydrogen-bond acceptors (Lipinski definition) is 3. The summed E-state index contributed by atoms with van der Waals surface area (Å²) in [4.78, 5) is 17.4. The van der Waals surface area contributed by atoms with E-state index in [0.717, 1.165) is 37.4 Å². The van der Waals surface area contributed by atoms with Crippen molar-refractivity contribution in [1.29, 1.82) is 0 Å². The van der Waals surface area contributed by atoms with E-state index in [0.29, 0.717) is 5.02 Å². The van der Waals surface area contributed by atoms with Crippen molar-refractivity contribution in [3.63, 3.8) is 0 Å². The second-order valence-electron chi connectivity index (χ2n) is 7.37. The lowest BCUT2D eigenvalue weighted by Gasteiger charge is -2.39. The Hall–Kier alpha value is -2.04. The fourth-order valence-electron chi connectivity index (χ4n) is 3.56. The van der Waals surface area contributed by atoms with Gasteiger partial charge in [-0.15, -0.1) is 0 Å². The van der Waals surface area contributed by atoms with Crippen molar-refractivity contribution < 1.29 is 4.79 Å². The van der Waals surface area contributed by atoms with Crippen molar-refractivity contribution >= 4 is 28.9 Å². The molecule has 1 N–H and O–H groups in total. The topological polar surface area (TPSA) is 35.6 Å². The fourth-order valence-corrected chi connectivity index (χ4v) is 3.73. The first-order valence-electron chi connectivity index (χ1n) is 9.49. The fraction of sp³-hybridized carbons (Fsp3) is 0.409. The second kappa shape index (κ2) is 8.32. The van der Waals surface area contributed by atoms with Crippen LogP contribution in [0.3, 0.4) is 0 Å². The number of hydrogen-bond donors (Lipinski definition) is 1. The molecule has 0 radical (unpaired) electrons. The Kier molecular flexibility index (Phi) is 6.08. The van der Waals surface area contributed by atoms with E-state index >= 15 is 0 Å². The molecule has 4 nitrogen and oxygen atoms in total. The predicted octanol–water partition coefficient (Wildman–Crippen LogP) is 4.41. The number of halogens is 1. The normalized spacial score (nSPS) is 16.3. The molecule has 27 heavy (non-hydrogen) atoms. The molecular weight excluding hydrogens is 358 g/mol. The van der Waals surface area contributed by atoms with E-state index in [1.54, 1.807) is 6.07 Å². The summed E-state index contributed by atoms with van der Waals surface area (Å²) in [7, 11) is 0. The van der Waals surface area contributed by atoms with Crippen molar-refractivity contribution in [2.75, 3.05) is 36.4 Å². The average molecular weight is 386 g/mol. The molecular formula is C22H28ClN3O. The van der Waals surface area contributed by atoms with Gasteiger partial charge in [0.25, 0.3) is 0 Å². The van der Waals surface area contributed by atoms with Gasteiger partial charge in [0.2, 0.25) is 5.91 Å². The second-order valence-corrected chi connectivity index (χ2v) is 7.80. The number of rotatable bonds is 4. The van der Waals surface area contributed by atoms with Crippen LogP contribution in [0.15, 0.2) is 36.4 Å². The van der Waals surface area contributed by atoms with Crippen LogP contribution >= 0.6 is 11.6 Å². The lowest BCUT2D eigenvalue weighted by molar-refractivity contribution is -0.120. The molecule has 0 saturated carbocycles. The van der Waals surface area contributed by atoms with Gasteiger partial charge in [0.05, 0.1) is 6.04 Å². The predicted molar refractivity (Wildman–Crippen MR) is 114 cm³/mol. The minimum absolute atomic E-state index is 0.0144. The number of amides is 1. The van der Waals surface area contributed by atoms with Crippen molar-refractivity contribution in [3.8, 4) is 0 Å². The lowest BCUT2D eigenvalue weighted by atomic mass is 10.1. The van der Waals surface area contributed by atoms with E-state index in [-0.39, 0.29) is 11.9 Å². The molecule has 2 aromatic carbocycles. The van der Waals surface area contributed by atoms with Crippen LogP contribution in [-0.4, -0.2) is 43.0 Å². The highest BCUT2D eigenvalue weighted by molar-refractivity contribution is 6.31. The standard InChI is InChI=1S/C22H28ClN3O/c1-15-6-5-7-21(17(15)3)26-12-10-25(11-13-26)18(4)22(27)24-20-14-19(23)9-8-16(20)2/h5-9,14,18H,10-13H2,1-4H3,(H,24,27)/t18-/m0/s1. The van der Waals surface area contributed by atoms with Gasteiger partial charge in [-0.25, -0.2) is 0 Å². The monoisotopic (exact) mass is 385 g/mol. The Bertz CT molecular complexity index is 828. The molecule has 0 aromatic heterocycles. The number of nitrogens with zero attached hydrogens (tertiary/aromatic N) is 2. The van der Waals surface area contributed by atoms with E-state index in [9.17, 15) is 4.79 Å². The van der Waals surface area contributed by atoms with E-state index in [2.05, 4.69) is 47.2 Å². The van der Waals surface area contributed by atoms with Crippen LogP contribution in [0.2, 0.25) is 5.02 Å². The highest BCUT2D eigenvalue weighted by Crippen LogP contribution is 2.25. The number of carbonyl (C=O) groups excluding carboxylic acids is 1. The summed E-state index contributed by atoms with van der Waals surface area (Å²) in [5, 5.41) is 3.66. The maximum atomic E-state index is 12.7. The van der Waals surface area contributed by atoms with E-state index in [1.807, 2.05) is 26.0 Å². The van der Waals surface area contributed by atoms with Crippen molar-refractivity contribution in [1.82, 2.24) is 4.90 Å². The number of benzene rings is 2. The molecule has 1 aliphatic heterocycles. The van der Waals surface area contributed by atoms with Gasteiger partial charge in [-0.3, -0.25) is 9.69 Å². The summed E-state index contributed by atoms with van der Waals surface area (Å²) < 4.78 is 0. The van der Waals surface area contributed by atoms with Crippen molar-refractivity contribution in [2.24, 2.45) is 0 Å². The zero-order chi connectivity index (χ0) is 19.6. The molecule has 1 heterocycles. The Morgan fingerprint density at radius 1 is 1.04 bits per heavy atom. The average Bonchev–Trinajstić information content (AvgIpc) is 2.66. The van der Waals surface area contributed by atoms with Gasteiger partial charge in [0.1, 0.15) is 0 Å². The largest absolute Gasteiger partial charge is 0.369 e. The third-order valence-corrected chi connectivity index (χ3v) is 5.85. The molecule has 0 unspecified atom stereocenters. The van der Waals surface area contributed by atoms with Gasteiger partial charge in [-0.05, 0) is 62.6 Å². The molecule has 0 bridgehead atoms. The molecule has 1 fully saturated rings. The summed E-state index contributed by atoms with van der Waals surface area (Å²) in [5.74, 6) is 0.0144. The molecule has 0 aliphatic carbocycles. The zero-order valence-corrected chi connectivity index (χ0v) is 17.3. The summed E-state index contributed by atoms with van der Waals surface area (Å²) in [6.07, 6.45) is 0. The maximum Gasteiger partial charge on any atom is 0.241 e. The van der Waals surface area contributed by atoms with Crippen molar-refractivity contribution in [2.45, 2.75) is 33.7 Å². The quantitative estimate of drug-likeness (QED) is 0.846. The van der Waals surface area contributed by atoms with Crippen LogP contribution in [0.1, 0.15) is 23.6 Å². The van der Waals surface area contributed by atoms with Gasteiger partial charge in [0, 0.05) is 42.6 Å². The molecule has 1 atom stereocenters. The first-order chi connectivity index (χ1) is 12.9. The minimum atomic E-state index is -0.177. The Labute approximate surface area is 167 Å². The molecule has 144 valence electrons. The first-order valence-corrected chi connectivity index (χ1v) is 9.87. The Morgan fingerprint density at radius 2 is 1.74 bits per heavy atom. The molecule has 0 spiro atoms. The number of anilines is 2. The van der Waals surface area contributed by atoms with E-state index in [4.69, 9.17) is 11.6 Å². The smallest absolute Gasteiger partial charge is 0.241 e. The van der Waals surface area contributed by atoms with Crippen LogP contribution in [0.25, 0.3) is 0 Å². The highest BCUT2D eigenvalue weighted by Gasteiger charge is 2.26. The summed E-state index contributed by atoms with van der Waals surface area (Å²) in [5.41, 5.74) is 5.77. The number of piperazine rings is 1. The Balaban J connectivity index is 1.61. The van der Waals surface area contributed by atoms with Gasteiger partial charge >= 0.3 is 0 Å². The van der Waals surface area contributed by atoms with Crippen LogP contribution in [0.4, 0.5) is 11.4 Å². The Morgan fingerprint density at radius 3 is 2.44 bits per heavy atom. The van der Waals surface area contributed by atoms with Crippen LogP contribution in [0.5, 0.6) is 0 Å². The van der Waals surface area contributed by atoms with Crippen LogP contribution < -0.4 is 10.2 Å². The van der Waals surface area contributed by atoms with E-state index in [1.165, 1.54) is 16.8 Å². The molecule has 1 aliphatic rings. The highest BCUT2D eigenvalue weighted by atomic mass is 35.5. The first kappa shape index (κ1) is 19.7. The number of aryl methyl sites for hydroxylation is 2. The summed E-state index contributed by atoms with van der Waals surface area (Å²) in [6, 6.07) is 11.8. The molecule has 2 aromatic rings. The SMILES string of the molecule is Cc1ccc(Cl)cc1NC(=O)[C@H](C)N1CCN(c2cccc(C)c2C)CC1. The molecule has 5 heteroatoms.